The van der Waals surface area contributed by atoms with E-state index >= 15 is 0 Å². The highest BCUT2D eigenvalue weighted by molar-refractivity contribution is 5.85. The quantitative estimate of drug-likeness (QED) is 0.931. The molecule has 1 aliphatic heterocycles. The third kappa shape index (κ3) is 4.33. The van der Waals surface area contributed by atoms with Gasteiger partial charge in [0.2, 0.25) is 0 Å². The number of likely N-dealkylation sites (tertiary alicyclic amines) is 1. The van der Waals surface area contributed by atoms with Gasteiger partial charge in [-0.05, 0) is 30.4 Å². The summed E-state index contributed by atoms with van der Waals surface area (Å²) in [6, 6.07) is 19.3. The zero-order chi connectivity index (χ0) is 14.7. The molecule has 22 heavy (non-hydrogen) atoms. The summed E-state index contributed by atoms with van der Waals surface area (Å²) in [5, 5.41) is 10.2. The van der Waals surface area contributed by atoms with Gasteiger partial charge in [0.15, 0.2) is 0 Å². The molecule has 0 amide bonds. The standard InChI is InChI=1S/C19H23NO.ClH/c1-15-7-9-17(10-8-15)18-11-19(21)14-20(13-18)12-16-5-3-2-4-6-16;/h2-10,18-19,21H,11-14H2,1H3;1H/t18-,19+;/m1./s1. The molecule has 2 aromatic carbocycles. The molecule has 3 rings (SSSR count). The molecule has 0 saturated carbocycles. The van der Waals surface area contributed by atoms with Crippen LogP contribution in [0.2, 0.25) is 0 Å². The number of aryl methyl sites for hydroxylation is 1. The first-order valence-electron chi connectivity index (χ1n) is 7.71. The van der Waals surface area contributed by atoms with Crippen LogP contribution in [0.25, 0.3) is 0 Å². The Bertz CT molecular complexity index is 570. The number of nitrogens with zero attached hydrogens (tertiary/aromatic N) is 1. The van der Waals surface area contributed by atoms with Crippen molar-refractivity contribution in [2.24, 2.45) is 0 Å². The Morgan fingerprint density at radius 1 is 1.00 bits per heavy atom. The van der Waals surface area contributed by atoms with Crippen LogP contribution in [0.3, 0.4) is 0 Å². The number of halogens is 1. The van der Waals surface area contributed by atoms with Crippen LogP contribution in [0.5, 0.6) is 0 Å². The summed E-state index contributed by atoms with van der Waals surface area (Å²) in [4.78, 5) is 2.37. The average molecular weight is 318 g/mol. The second-order valence-electron chi connectivity index (χ2n) is 6.18. The maximum Gasteiger partial charge on any atom is 0.0673 e. The first-order valence-corrected chi connectivity index (χ1v) is 7.71. The summed E-state index contributed by atoms with van der Waals surface area (Å²) in [6.07, 6.45) is 0.641. The fraction of sp³-hybridized carbons (Fsp3) is 0.368. The van der Waals surface area contributed by atoms with Crippen molar-refractivity contribution in [3.63, 3.8) is 0 Å². The smallest absolute Gasteiger partial charge is 0.0673 e. The Balaban J connectivity index is 0.00000176. The minimum atomic E-state index is -0.228. The third-order valence-corrected chi connectivity index (χ3v) is 4.30. The van der Waals surface area contributed by atoms with E-state index in [4.69, 9.17) is 0 Å². The van der Waals surface area contributed by atoms with Crippen molar-refractivity contribution in [3.8, 4) is 0 Å². The number of hydrogen-bond donors (Lipinski definition) is 1. The van der Waals surface area contributed by atoms with Gasteiger partial charge in [0.1, 0.15) is 0 Å². The summed E-state index contributed by atoms with van der Waals surface area (Å²) in [7, 11) is 0. The van der Waals surface area contributed by atoms with Gasteiger partial charge in [-0.2, -0.15) is 0 Å². The lowest BCUT2D eigenvalue weighted by atomic mass is 9.88. The van der Waals surface area contributed by atoms with Crippen LogP contribution in [-0.2, 0) is 6.54 Å². The third-order valence-electron chi connectivity index (χ3n) is 4.30. The summed E-state index contributed by atoms with van der Waals surface area (Å²) in [5.74, 6) is 0.429. The number of aliphatic hydroxyl groups excluding tert-OH is 1. The van der Waals surface area contributed by atoms with Crippen LogP contribution in [0.15, 0.2) is 54.6 Å². The van der Waals surface area contributed by atoms with E-state index in [1.807, 2.05) is 6.07 Å². The number of benzene rings is 2. The minimum Gasteiger partial charge on any atom is -0.392 e. The Morgan fingerprint density at radius 2 is 1.68 bits per heavy atom. The van der Waals surface area contributed by atoms with E-state index in [-0.39, 0.29) is 18.5 Å². The van der Waals surface area contributed by atoms with E-state index in [9.17, 15) is 5.11 Å². The Kier molecular flexibility index (Phi) is 6.01. The average Bonchev–Trinajstić information content (AvgIpc) is 2.48. The zero-order valence-electron chi connectivity index (χ0n) is 13.0. The van der Waals surface area contributed by atoms with Crippen LogP contribution < -0.4 is 0 Å². The monoisotopic (exact) mass is 317 g/mol. The van der Waals surface area contributed by atoms with Gasteiger partial charge >= 0.3 is 0 Å². The molecule has 1 aliphatic rings. The van der Waals surface area contributed by atoms with Gasteiger partial charge in [-0.15, -0.1) is 12.4 Å². The number of rotatable bonds is 3. The lowest BCUT2D eigenvalue weighted by Crippen LogP contribution is -2.41. The molecule has 1 N–H and O–H groups in total. The van der Waals surface area contributed by atoms with Crippen molar-refractivity contribution in [2.75, 3.05) is 13.1 Å². The fourth-order valence-corrected chi connectivity index (χ4v) is 3.21. The second kappa shape index (κ2) is 7.77. The molecule has 0 bridgehead atoms. The predicted octanol–water partition coefficient (Wildman–Crippen LogP) is 3.77. The van der Waals surface area contributed by atoms with Crippen molar-refractivity contribution in [1.82, 2.24) is 4.90 Å². The topological polar surface area (TPSA) is 23.5 Å². The summed E-state index contributed by atoms with van der Waals surface area (Å²) in [6.45, 7) is 4.83. The van der Waals surface area contributed by atoms with Crippen molar-refractivity contribution in [1.29, 1.82) is 0 Å². The molecule has 1 fully saturated rings. The first kappa shape index (κ1) is 17.0. The summed E-state index contributed by atoms with van der Waals surface area (Å²) < 4.78 is 0. The van der Waals surface area contributed by atoms with E-state index < -0.39 is 0 Å². The Hall–Kier alpha value is -1.35. The predicted molar refractivity (Wildman–Crippen MR) is 93.5 cm³/mol. The molecule has 0 aliphatic carbocycles. The lowest BCUT2D eigenvalue weighted by Gasteiger charge is -2.36. The van der Waals surface area contributed by atoms with Gasteiger partial charge in [-0.3, -0.25) is 4.90 Å². The van der Waals surface area contributed by atoms with Gasteiger partial charge < -0.3 is 5.11 Å². The normalized spacial score (nSPS) is 22.1. The van der Waals surface area contributed by atoms with Crippen LogP contribution >= 0.6 is 12.4 Å². The Labute approximate surface area is 139 Å². The highest BCUT2D eigenvalue weighted by Crippen LogP contribution is 2.28. The minimum absolute atomic E-state index is 0. The van der Waals surface area contributed by atoms with Crippen molar-refractivity contribution in [2.45, 2.75) is 31.9 Å². The van der Waals surface area contributed by atoms with Crippen LogP contribution in [-0.4, -0.2) is 29.2 Å². The van der Waals surface area contributed by atoms with Gasteiger partial charge in [-0.25, -0.2) is 0 Å². The number of aliphatic hydroxyl groups is 1. The van der Waals surface area contributed by atoms with Crippen LogP contribution in [0.4, 0.5) is 0 Å². The van der Waals surface area contributed by atoms with Crippen molar-refractivity contribution < 1.29 is 5.11 Å². The van der Waals surface area contributed by atoms with Gasteiger partial charge in [0.05, 0.1) is 6.10 Å². The number of β-amino-alcohol motifs (C(OH)–C–C–N with tert-alkyl or cyclic N) is 1. The largest absolute Gasteiger partial charge is 0.392 e. The molecule has 1 saturated heterocycles. The Morgan fingerprint density at radius 3 is 2.36 bits per heavy atom. The molecule has 2 nitrogen and oxygen atoms in total. The molecule has 118 valence electrons. The molecule has 0 unspecified atom stereocenters. The fourth-order valence-electron chi connectivity index (χ4n) is 3.21. The van der Waals surface area contributed by atoms with E-state index in [0.29, 0.717) is 5.92 Å². The van der Waals surface area contributed by atoms with E-state index in [2.05, 4.69) is 60.4 Å². The van der Waals surface area contributed by atoms with Crippen LogP contribution in [0, 0.1) is 6.92 Å². The summed E-state index contributed by atoms with van der Waals surface area (Å²) in [5.41, 5.74) is 3.95. The zero-order valence-corrected chi connectivity index (χ0v) is 13.8. The second-order valence-corrected chi connectivity index (χ2v) is 6.18. The SMILES string of the molecule is Cc1ccc([C@@H]2C[C@H](O)CN(Cc3ccccc3)C2)cc1.Cl. The van der Waals surface area contributed by atoms with Gasteiger partial charge in [-0.1, -0.05) is 60.2 Å². The molecule has 2 atom stereocenters. The molecular formula is C19H24ClNO. The maximum atomic E-state index is 10.2. The van der Waals surface area contributed by atoms with E-state index in [1.54, 1.807) is 0 Å². The highest BCUT2D eigenvalue weighted by atomic mass is 35.5. The molecule has 2 aromatic rings. The molecule has 0 radical (unpaired) electrons. The van der Waals surface area contributed by atoms with Gasteiger partial charge in [0.25, 0.3) is 0 Å². The number of piperidine rings is 1. The van der Waals surface area contributed by atoms with Gasteiger partial charge in [0, 0.05) is 19.6 Å². The highest BCUT2D eigenvalue weighted by Gasteiger charge is 2.26. The molecular weight excluding hydrogens is 294 g/mol. The van der Waals surface area contributed by atoms with Crippen LogP contribution in [0.1, 0.15) is 29.0 Å². The van der Waals surface area contributed by atoms with E-state index in [0.717, 1.165) is 26.1 Å². The van der Waals surface area contributed by atoms with E-state index in [1.165, 1.54) is 16.7 Å². The lowest BCUT2D eigenvalue weighted by molar-refractivity contribution is 0.0549. The maximum absolute atomic E-state index is 10.2. The van der Waals surface area contributed by atoms with Crippen molar-refractivity contribution in [3.05, 3.63) is 71.3 Å². The molecule has 3 heteroatoms. The van der Waals surface area contributed by atoms with Crippen molar-refractivity contribution >= 4 is 12.4 Å². The summed E-state index contributed by atoms with van der Waals surface area (Å²) >= 11 is 0. The molecule has 0 aromatic heterocycles. The molecule has 0 spiro atoms. The first-order chi connectivity index (χ1) is 10.2. The number of hydrogen-bond acceptors (Lipinski definition) is 2. The molecule has 1 heterocycles.